The topological polar surface area (TPSA) is 86.8 Å². The number of benzene rings is 3. The van der Waals surface area contributed by atoms with Crippen LogP contribution >= 0.6 is 0 Å². The highest BCUT2D eigenvalue weighted by molar-refractivity contribution is 7.92. The van der Waals surface area contributed by atoms with E-state index in [0.29, 0.717) is 12.2 Å². The Hall–Kier alpha value is -3.39. The van der Waals surface area contributed by atoms with E-state index in [1.54, 1.807) is 19.1 Å². The number of hydrogen-bond acceptors (Lipinski definition) is 4. The Balaban J connectivity index is 1.98. The second-order valence-electron chi connectivity index (χ2n) is 9.53. The first kappa shape index (κ1) is 27.2. The smallest absolute Gasteiger partial charge is 0.244 e. The second-order valence-corrected chi connectivity index (χ2v) is 11.4. The first-order valence-corrected chi connectivity index (χ1v) is 13.9. The minimum atomic E-state index is -3.80. The summed E-state index contributed by atoms with van der Waals surface area (Å²) in [6, 6.07) is 19.7. The van der Waals surface area contributed by atoms with Crippen LogP contribution in [0.5, 0.6) is 0 Å². The molecule has 8 heteroatoms. The van der Waals surface area contributed by atoms with Gasteiger partial charge in [0.1, 0.15) is 12.6 Å². The van der Waals surface area contributed by atoms with Gasteiger partial charge in [-0.1, -0.05) is 74.5 Å². The summed E-state index contributed by atoms with van der Waals surface area (Å²) >= 11 is 0. The van der Waals surface area contributed by atoms with Crippen LogP contribution in [0.3, 0.4) is 0 Å². The zero-order valence-electron chi connectivity index (χ0n) is 21.6. The number of hydrogen-bond donors (Lipinski definition) is 1. The molecule has 0 spiro atoms. The van der Waals surface area contributed by atoms with Gasteiger partial charge in [0.15, 0.2) is 0 Å². The highest BCUT2D eigenvalue weighted by atomic mass is 32.2. The standard InChI is InChI=1S/C28H35N3O4S/c1-20(2)17-29-28(33)22(4)30(18-24-13-7-6-11-21(24)3)27(32)19-31(36(5,34)35)26-16-10-14-23-12-8-9-15-25(23)26/h6-16,20,22H,17-19H2,1-5H3,(H,29,33). The molecule has 0 saturated carbocycles. The van der Waals surface area contributed by atoms with Crippen LogP contribution in [0, 0.1) is 12.8 Å². The molecule has 1 unspecified atom stereocenters. The number of anilines is 1. The average molecular weight is 510 g/mol. The highest BCUT2D eigenvalue weighted by Gasteiger charge is 2.30. The maximum Gasteiger partial charge on any atom is 0.244 e. The molecule has 1 atom stereocenters. The third kappa shape index (κ3) is 6.63. The van der Waals surface area contributed by atoms with Gasteiger partial charge in [0, 0.05) is 18.5 Å². The third-order valence-corrected chi connectivity index (χ3v) is 7.29. The molecule has 192 valence electrons. The molecule has 0 saturated heterocycles. The number of fused-ring (bicyclic) bond motifs is 1. The van der Waals surface area contributed by atoms with Crippen LogP contribution in [0.4, 0.5) is 5.69 Å². The van der Waals surface area contributed by atoms with E-state index >= 15 is 0 Å². The van der Waals surface area contributed by atoms with E-state index in [2.05, 4.69) is 5.32 Å². The fourth-order valence-electron chi connectivity index (χ4n) is 4.03. The molecule has 2 amide bonds. The van der Waals surface area contributed by atoms with Crippen molar-refractivity contribution in [3.63, 3.8) is 0 Å². The van der Waals surface area contributed by atoms with Gasteiger partial charge in [-0.2, -0.15) is 0 Å². The number of nitrogens with one attached hydrogen (secondary N) is 1. The Morgan fingerprint density at radius 3 is 2.22 bits per heavy atom. The van der Waals surface area contributed by atoms with Crippen molar-refractivity contribution >= 4 is 38.3 Å². The summed E-state index contributed by atoms with van der Waals surface area (Å²) in [4.78, 5) is 28.2. The van der Waals surface area contributed by atoms with E-state index in [1.165, 1.54) is 4.90 Å². The minimum absolute atomic E-state index is 0.189. The lowest BCUT2D eigenvalue weighted by Gasteiger charge is -2.32. The molecule has 0 aliphatic heterocycles. The molecule has 1 N–H and O–H groups in total. The van der Waals surface area contributed by atoms with Crippen molar-refractivity contribution in [2.24, 2.45) is 5.92 Å². The van der Waals surface area contributed by atoms with Crippen molar-refractivity contribution in [1.29, 1.82) is 0 Å². The molecule has 0 aromatic heterocycles. The lowest BCUT2D eigenvalue weighted by molar-refractivity contribution is -0.139. The summed E-state index contributed by atoms with van der Waals surface area (Å²) in [5.41, 5.74) is 2.31. The van der Waals surface area contributed by atoms with Gasteiger partial charge >= 0.3 is 0 Å². The molecule has 3 aromatic rings. The fraction of sp³-hybridized carbons (Fsp3) is 0.357. The maximum absolute atomic E-state index is 13.7. The number of sulfonamides is 1. The molecule has 0 fully saturated rings. The van der Waals surface area contributed by atoms with Gasteiger partial charge in [0.2, 0.25) is 21.8 Å². The Kier molecular flexibility index (Phi) is 8.74. The van der Waals surface area contributed by atoms with Gasteiger partial charge in [-0.3, -0.25) is 13.9 Å². The molecule has 0 aliphatic carbocycles. The Bertz CT molecular complexity index is 1330. The molecule has 0 aliphatic rings. The van der Waals surface area contributed by atoms with Crippen molar-refractivity contribution in [2.75, 3.05) is 23.7 Å². The summed E-state index contributed by atoms with van der Waals surface area (Å²) in [6.07, 6.45) is 1.09. The fourth-order valence-corrected chi connectivity index (χ4v) is 4.89. The van der Waals surface area contributed by atoms with Crippen molar-refractivity contribution in [2.45, 2.75) is 40.3 Å². The molecular weight excluding hydrogens is 474 g/mol. The molecule has 0 bridgehead atoms. The normalized spacial score (nSPS) is 12.4. The number of rotatable bonds is 10. The zero-order chi connectivity index (χ0) is 26.5. The average Bonchev–Trinajstić information content (AvgIpc) is 2.83. The van der Waals surface area contributed by atoms with Crippen LogP contribution < -0.4 is 9.62 Å². The van der Waals surface area contributed by atoms with E-state index in [0.717, 1.165) is 32.5 Å². The van der Waals surface area contributed by atoms with Gasteiger partial charge in [-0.05, 0) is 42.3 Å². The minimum Gasteiger partial charge on any atom is -0.354 e. The van der Waals surface area contributed by atoms with Gasteiger partial charge in [-0.15, -0.1) is 0 Å². The van der Waals surface area contributed by atoms with Crippen LogP contribution in [0.2, 0.25) is 0 Å². The molecule has 0 radical (unpaired) electrons. The second kappa shape index (κ2) is 11.6. The Morgan fingerprint density at radius 2 is 1.56 bits per heavy atom. The molecule has 7 nitrogen and oxygen atoms in total. The highest BCUT2D eigenvalue weighted by Crippen LogP contribution is 2.28. The van der Waals surface area contributed by atoms with Crippen molar-refractivity contribution < 1.29 is 18.0 Å². The Morgan fingerprint density at radius 1 is 0.917 bits per heavy atom. The van der Waals surface area contributed by atoms with E-state index in [-0.39, 0.29) is 18.4 Å². The summed E-state index contributed by atoms with van der Waals surface area (Å²) in [5.74, 6) is -0.473. The summed E-state index contributed by atoms with van der Waals surface area (Å²) in [6.45, 7) is 7.87. The monoisotopic (exact) mass is 509 g/mol. The van der Waals surface area contributed by atoms with Crippen LogP contribution in [0.25, 0.3) is 10.8 Å². The van der Waals surface area contributed by atoms with Crippen molar-refractivity contribution in [3.05, 3.63) is 77.9 Å². The van der Waals surface area contributed by atoms with Crippen molar-refractivity contribution in [3.8, 4) is 0 Å². The zero-order valence-corrected chi connectivity index (χ0v) is 22.4. The number of carbonyl (C=O) groups excluding carboxylic acids is 2. The van der Waals surface area contributed by atoms with Crippen LogP contribution in [-0.4, -0.2) is 50.5 Å². The Labute approximate surface area is 214 Å². The number of aryl methyl sites for hydroxylation is 1. The van der Waals surface area contributed by atoms with E-state index in [9.17, 15) is 18.0 Å². The largest absolute Gasteiger partial charge is 0.354 e. The van der Waals surface area contributed by atoms with Gasteiger partial charge in [0.25, 0.3) is 0 Å². The number of carbonyl (C=O) groups is 2. The van der Waals surface area contributed by atoms with Crippen molar-refractivity contribution in [1.82, 2.24) is 10.2 Å². The molecule has 3 rings (SSSR count). The number of nitrogens with zero attached hydrogens (tertiary/aromatic N) is 2. The molecule has 36 heavy (non-hydrogen) atoms. The molecular formula is C28H35N3O4S. The van der Waals surface area contributed by atoms with Gasteiger partial charge < -0.3 is 10.2 Å². The SMILES string of the molecule is Cc1ccccc1CN(C(=O)CN(c1cccc2ccccc12)S(C)(=O)=O)C(C)C(=O)NCC(C)C. The van der Waals surface area contributed by atoms with E-state index in [1.807, 2.05) is 75.4 Å². The molecule has 3 aromatic carbocycles. The van der Waals surface area contributed by atoms with Crippen LogP contribution in [0.15, 0.2) is 66.7 Å². The predicted molar refractivity (Wildman–Crippen MR) is 145 cm³/mol. The lowest BCUT2D eigenvalue weighted by atomic mass is 10.1. The summed E-state index contributed by atoms with van der Waals surface area (Å²) in [7, 11) is -3.80. The first-order valence-electron chi connectivity index (χ1n) is 12.1. The quantitative estimate of drug-likeness (QED) is 0.446. The third-order valence-electron chi connectivity index (χ3n) is 6.17. The molecule has 0 heterocycles. The van der Waals surface area contributed by atoms with E-state index in [4.69, 9.17) is 0 Å². The van der Waals surface area contributed by atoms with Gasteiger partial charge in [0.05, 0.1) is 11.9 Å². The number of amides is 2. The van der Waals surface area contributed by atoms with Gasteiger partial charge in [-0.25, -0.2) is 8.42 Å². The first-order chi connectivity index (χ1) is 17.0. The van der Waals surface area contributed by atoms with Crippen LogP contribution in [-0.2, 0) is 26.2 Å². The predicted octanol–water partition coefficient (Wildman–Crippen LogP) is 4.10. The van der Waals surface area contributed by atoms with Crippen LogP contribution in [0.1, 0.15) is 31.9 Å². The lowest BCUT2D eigenvalue weighted by Crippen LogP contribution is -2.51. The summed E-state index contributed by atoms with van der Waals surface area (Å²) in [5, 5.41) is 4.49. The maximum atomic E-state index is 13.7. The van der Waals surface area contributed by atoms with E-state index < -0.39 is 28.5 Å². The summed E-state index contributed by atoms with van der Waals surface area (Å²) < 4.78 is 26.9.